The van der Waals surface area contributed by atoms with Crippen LogP contribution in [-0.4, -0.2) is 6.54 Å². The molecular weight excluding hydrogens is 244 g/mol. The Kier molecular flexibility index (Phi) is 3.49. The van der Waals surface area contributed by atoms with Gasteiger partial charge < -0.3 is 10.6 Å². The van der Waals surface area contributed by atoms with E-state index < -0.39 is 0 Å². The molecule has 0 fully saturated rings. The molecule has 0 radical (unpaired) electrons. The van der Waals surface area contributed by atoms with E-state index in [0.717, 1.165) is 19.5 Å². The van der Waals surface area contributed by atoms with Gasteiger partial charge in [-0.05, 0) is 48.6 Å². The molecule has 0 saturated carbocycles. The van der Waals surface area contributed by atoms with Gasteiger partial charge in [-0.2, -0.15) is 0 Å². The Bertz CT molecular complexity index is 617. The Morgan fingerprint density at radius 2 is 2.00 bits per heavy atom. The van der Waals surface area contributed by atoms with Gasteiger partial charge in [-0.1, -0.05) is 36.4 Å². The third kappa shape index (κ3) is 2.44. The maximum Gasteiger partial charge on any atom is 0.0432 e. The highest BCUT2D eigenvalue weighted by molar-refractivity contribution is 5.59. The van der Waals surface area contributed by atoms with Crippen LogP contribution in [0.2, 0.25) is 0 Å². The van der Waals surface area contributed by atoms with E-state index in [2.05, 4.69) is 54.3 Å². The second kappa shape index (κ2) is 5.29. The smallest absolute Gasteiger partial charge is 0.0432 e. The third-order valence-corrected chi connectivity index (χ3v) is 4.24. The molecule has 104 valence electrons. The summed E-state index contributed by atoms with van der Waals surface area (Å²) in [7, 11) is 0. The van der Waals surface area contributed by atoms with Crippen molar-refractivity contribution in [3.63, 3.8) is 0 Å². The lowest BCUT2D eigenvalue weighted by Crippen LogP contribution is -2.20. The number of benzene rings is 2. The number of fused-ring (bicyclic) bond motifs is 1. The average molecular weight is 266 g/mol. The number of anilines is 1. The molecule has 0 spiro atoms. The van der Waals surface area contributed by atoms with Crippen LogP contribution in [0, 0.1) is 6.92 Å². The van der Waals surface area contributed by atoms with Gasteiger partial charge in [0.1, 0.15) is 0 Å². The molecule has 2 N–H and O–H groups in total. The van der Waals surface area contributed by atoms with Crippen LogP contribution >= 0.6 is 0 Å². The molecule has 1 aliphatic rings. The van der Waals surface area contributed by atoms with Gasteiger partial charge in [-0.3, -0.25) is 0 Å². The van der Waals surface area contributed by atoms with Crippen LogP contribution in [0.25, 0.3) is 0 Å². The predicted octanol–water partition coefficient (Wildman–Crippen LogP) is 3.58. The van der Waals surface area contributed by atoms with Gasteiger partial charge in [0.15, 0.2) is 0 Å². The van der Waals surface area contributed by atoms with Gasteiger partial charge in [0.25, 0.3) is 0 Å². The molecule has 0 aliphatic carbocycles. The minimum atomic E-state index is 0.116. The second-order valence-corrected chi connectivity index (χ2v) is 5.77. The van der Waals surface area contributed by atoms with E-state index in [1.165, 1.54) is 27.9 Å². The lowest BCUT2D eigenvalue weighted by Gasteiger charge is -2.21. The fraction of sp³-hybridized carbons (Fsp3) is 0.333. The van der Waals surface area contributed by atoms with E-state index in [1.54, 1.807) is 0 Å². The van der Waals surface area contributed by atoms with E-state index in [9.17, 15) is 0 Å². The number of hydrogen-bond donors (Lipinski definition) is 1. The first-order valence-electron chi connectivity index (χ1n) is 7.33. The maximum absolute atomic E-state index is 5.97. The van der Waals surface area contributed by atoms with Crippen LogP contribution in [0.3, 0.4) is 0 Å². The van der Waals surface area contributed by atoms with Crippen molar-refractivity contribution in [1.29, 1.82) is 0 Å². The Balaban J connectivity index is 1.85. The average Bonchev–Trinajstić information content (AvgIpc) is 2.84. The summed E-state index contributed by atoms with van der Waals surface area (Å²) in [5.41, 5.74) is 12.8. The van der Waals surface area contributed by atoms with Gasteiger partial charge in [0, 0.05) is 24.8 Å². The quantitative estimate of drug-likeness (QED) is 0.920. The highest BCUT2D eigenvalue weighted by Gasteiger charge is 2.20. The molecule has 1 unspecified atom stereocenters. The third-order valence-electron chi connectivity index (χ3n) is 4.24. The van der Waals surface area contributed by atoms with Gasteiger partial charge in [0.05, 0.1) is 0 Å². The molecular formula is C18H22N2. The van der Waals surface area contributed by atoms with Gasteiger partial charge in [-0.25, -0.2) is 0 Å². The van der Waals surface area contributed by atoms with Gasteiger partial charge in [-0.15, -0.1) is 0 Å². The summed E-state index contributed by atoms with van der Waals surface area (Å²) in [5.74, 6) is 0. The Labute approximate surface area is 121 Å². The molecule has 1 heterocycles. The summed E-state index contributed by atoms with van der Waals surface area (Å²) < 4.78 is 0. The SMILES string of the molecule is Cc1ccccc1CN1CCc2cc(C(C)N)ccc21. The standard InChI is InChI=1S/C18H22N2/c1-13-5-3-4-6-17(13)12-20-10-9-16-11-15(14(2)19)7-8-18(16)20/h3-8,11,14H,9-10,12,19H2,1-2H3. The van der Waals surface area contributed by atoms with Crippen LogP contribution < -0.4 is 10.6 Å². The Morgan fingerprint density at radius 3 is 2.75 bits per heavy atom. The topological polar surface area (TPSA) is 29.3 Å². The number of hydrogen-bond acceptors (Lipinski definition) is 2. The molecule has 20 heavy (non-hydrogen) atoms. The fourth-order valence-electron chi connectivity index (χ4n) is 2.93. The minimum Gasteiger partial charge on any atom is -0.367 e. The van der Waals surface area contributed by atoms with Crippen LogP contribution in [0.15, 0.2) is 42.5 Å². The fourth-order valence-corrected chi connectivity index (χ4v) is 2.93. The van der Waals surface area contributed by atoms with Crippen molar-refractivity contribution in [1.82, 2.24) is 0 Å². The zero-order chi connectivity index (χ0) is 14.1. The molecule has 2 aromatic rings. The van der Waals surface area contributed by atoms with Crippen molar-refractivity contribution < 1.29 is 0 Å². The van der Waals surface area contributed by atoms with Crippen molar-refractivity contribution in [2.24, 2.45) is 5.73 Å². The maximum atomic E-state index is 5.97. The highest BCUT2D eigenvalue weighted by Crippen LogP contribution is 2.31. The van der Waals surface area contributed by atoms with E-state index in [4.69, 9.17) is 5.73 Å². The lowest BCUT2D eigenvalue weighted by molar-refractivity contribution is 0.816. The van der Waals surface area contributed by atoms with E-state index in [-0.39, 0.29) is 6.04 Å². The Hall–Kier alpha value is -1.80. The summed E-state index contributed by atoms with van der Waals surface area (Å²) in [6.07, 6.45) is 1.13. The van der Waals surface area contributed by atoms with E-state index in [0.29, 0.717) is 0 Å². The normalized spacial score (nSPS) is 15.2. The van der Waals surface area contributed by atoms with E-state index >= 15 is 0 Å². The molecule has 1 aliphatic heterocycles. The second-order valence-electron chi connectivity index (χ2n) is 5.77. The Morgan fingerprint density at radius 1 is 1.20 bits per heavy atom. The van der Waals surface area contributed by atoms with Gasteiger partial charge in [0.2, 0.25) is 0 Å². The first kappa shape index (κ1) is 13.2. The lowest BCUT2D eigenvalue weighted by atomic mass is 10.0. The summed E-state index contributed by atoms with van der Waals surface area (Å²) in [6.45, 7) is 6.33. The highest BCUT2D eigenvalue weighted by atomic mass is 15.1. The zero-order valence-corrected chi connectivity index (χ0v) is 12.3. The van der Waals surface area contributed by atoms with Crippen molar-refractivity contribution in [3.8, 4) is 0 Å². The zero-order valence-electron chi connectivity index (χ0n) is 12.3. The minimum absolute atomic E-state index is 0.116. The molecule has 2 heteroatoms. The summed E-state index contributed by atoms with van der Waals surface area (Å²) >= 11 is 0. The van der Waals surface area contributed by atoms with Crippen LogP contribution in [0.4, 0.5) is 5.69 Å². The molecule has 0 bridgehead atoms. The largest absolute Gasteiger partial charge is 0.367 e. The first-order chi connectivity index (χ1) is 9.65. The molecule has 3 rings (SSSR count). The monoisotopic (exact) mass is 266 g/mol. The molecule has 2 nitrogen and oxygen atoms in total. The summed E-state index contributed by atoms with van der Waals surface area (Å²) in [4.78, 5) is 2.47. The van der Waals surface area contributed by atoms with E-state index in [1.807, 2.05) is 6.92 Å². The number of nitrogens with two attached hydrogens (primary N) is 1. The predicted molar refractivity (Wildman–Crippen MR) is 85.0 cm³/mol. The molecule has 2 aromatic carbocycles. The van der Waals surface area contributed by atoms with Crippen molar-refractivity contribution in [2.45, 2.75) is 32.9 Å². The number of aryl methyl sites for hydroxylation is 1. The molecule has 0 amide bonds. The summed E-state index contributed by atoms with van der Waals surface area (Å²) in [6, 6.07) is 15.4. The number of rotatable bonds is 3. The first-order valence-corrected chi connectivity index (χ1v) is 7.33. The van der Waals surface area contributed by atoms with Crippen LogP contribution in [0.5, 0.6) is 0 Å². The summed E-state index contributed by atoms with van der Waals surface area (Å²) in [5, 5.41) is 0. The van der Waals surface area contributed by atoms with Crippen molar-refractivity contribution >= 4 is 5.69 Å². The van der Waals surface area contributed by atoms with Crippen molar-refractivity contribution in [3.05, 3.63) is 64.7 Å². The molecule has 0 aromatic heterocycles. The number of nitrogens with zero attached hydrogens (tertiary/aromatic N) is 1. The van der Waals surface area contributed by atoms with Crippen LogP contribution in [-0.2, 0) is 13.0 Å². The van der Waals surface area contributed by atoms with Crippen LogP contribution in [0.1, 0.15) is 35.2 Å². The molecule has 1 atom stereocenters. The molecule has 0 saturated heterocycles. The van der Waals surface area contributed by atoms with Crippen molar-refractivity contribution in [2.75, 3.05) is 11.4 Å². The van der Waals surface area contributed by atoms with Gasteiger partial charge >= 0.3 is 0 Å².